The minimum Gasteiger partial charge on any atom is -0.479 e. The highest BCUT2D eigenvalue weighted by atomic mass is 35.5. The summed E-state index contributed by atoms with van der Waals surface area (Å²) in [6.07, 6.45) is 3.17. The monoisotopic (exact) mass is 433 g/mol. The molecule has 0 spiro atoms. The molecule has 3 rings (SSSR count). The van der Waals surface area contributed by atoms with Crippen molar-refractivity contribution in [2.45, 2.75) is 31.4 Å². The van der Waals surface area contributed by atoms with Crippen LogP contribution in [0.25, 0.3) is 0 Å². The van der Waals surface area contributed by atoms with E-state index in [-0.39, 0.29) is 42.7 Å². The standard InChI is InChI=1S/C19H21F2N3O2.2ClH/c1-12(26-14-3-2-7-22-10-14)19(25)24-18-11-23-8-6-15(18)13-4-5-16(20)17(21)9-13;;/h2-5,7,9-10,12,15,18,23H,6,8,11H2,1H3,(H,24,25);2*1H. The summed E-state index contributed by atoms with van der Waals surface area (Å²) in [6, 6.07) is 7.12. The Bertz CT molecular complexity index is 768. The topological polar surface area (TPSA) is 63.2 Å². The molecule has 2 heterocycles. The third kappa shape index (κ3) is 6.02. The zero-order chi connectivity index (χ0) is 18.5. The van der Waals surface area contributed by atoms with Gasteiger partial charge in [0.25, 0.3) is 5.91 Å². The molecule has 1 aromatic heterocycles. The molecule has 0 aliphatic carbocycles. The van der Waals surface area contributed by atoms with Gasteiger partial charge in [-0.3, -0.25) is 9.78 Å². The second kappa shape index (κ2) is 11.1. The number of halogens is 4. The van der Waals surface area contributed by atoms with Crippen LogP contribution in [0.3, 0.4) is 0 Å². The summed E-state index contributed by atoms with van der Waals surface area (Å²) in [5, 5.41) is 6.18. The fourth-order valence-electron chi connectivity index (χ4n) is 3.13. The molecule has 5 nitrogen and oxygen atoms in total. The van der Waals surface area contributed by atoms with Crippen LogP contribution in [0.1, 0.15) is 24.8 Å². The third-order valence-electron chi connectivity index (χ3n) is 4.50. The van der Waals surface area contributed by atoms with Gasteiger partial charge in [-0.2, -0.15) is 0 Å². The molecule has 0 saturated carbocycles. The Morgan fingerprint density at radius 3 is 2.75 bits per heavy atom. The lowest BCUT2D eigenvalue weighted by atomic mass is 9.86. The van der Waals surface area contributed by atoms with Crippen LogP contribution in [-0.4, -0.2) is 36.1 Å². The van der Waals surface area contributed by atoms with Crippen molar-refractivity contribution in [2.24, 2.45) is 0 Å². The smallest absolute Gasteiger partial charge is 0.261 e. The Kier molecular flexibility index (Phi) is 9.58. The van der Waals surface area contributed by atoms with E-state index in [9.17, 15) is 13.6 Å². The van der Waals surface area contributed by atoms with E-state index < -0.39 is 17.7 Å². The number of pyridine rings is 1. The predicted molar refractivity (Wildman–Crippen MR) is 107 cm³/mol. The first-order valence-electron chi connectivity index (χ1n) is 8.57. The SMILES string of the molecule is CC(Oc1cccnc1)C(=O)NC1CNCCC1c1ccc(F)c(F)c1.Cl.Cl. The largest absolute Gasteiger partial charge is 0.479 e. The Labute approximate surface area is 175 Å². The zero-order valence-corrected chi connectivity index (χ0v) is 16.9. The first-order chi connectivity index (χ1) is 12.5. The molecule has 154 valence electrons. The number of carbonyl (C=O) groups excluding carboxylic acids is 1. The number of rotatable bonds is 5. The van der Waals surface area contributed by atoms with Crippen LogP contribution in [0.2, 0.25) is 0 Å². The molecular weight excluding hydrogens is 411 g/mol. The molecule has 2 aromatic rings. The Balaban J connectivity index is 0.00000196. The highest BCUT2D eigenvalue weighted by Gasteiger charge is 2.30. The van der Waals surface area contributed by atoms with Crippen LogP contribution in [0.4, 0.5) is 8.78 Å². The summed E-state index contributed by atoms with van der Waals surface area (Å²) < 4.78 is 32.4. The van der Waals surface area contributed by atoms with E-state index in [1.807, 2.05) is 0 Å². The van der Waals surface area contributed by atoms with E-state index >= 15 is 0 Å². The predicted octanol–water partition coefficient (Wildman–Crippen LogP) is 3.23. The molecule has 1 aliphatic heterocycles. The number of piperidine rings is 1. The van der Waals surface area contributed by atoms with Gasteiger partial charge in [0.05, 0.1) is 6.20 Å². The number of nitrogens with zero attached hydrogens (tertiary/aromatic N) is 1. The maximum atomic E-state index is 13.6. The van der Waals surface area contributed by atoms with E-state index in [0.717, 1.165) is 12.6 Å². The summed E-state index contributed by atoms with van der Waals surface area (Å²) >= 11 is 0. The van der Waals surface area contributed by atoms with Crippen LogP contribution < -0.4 is 15.4 Å². The lowest BCUT2D eigenvalue weighted by Gasteiger charge is -2.34. The second-order valence-corrected chi connectivity index (χ2v) is 6.34. The van der Waals surface area contributed by atoms with Crippen LogP contribution in [0.15, 0.2) is 42.7 Å². The second-order valence-electron chi connectivity index (χ2n) is 6.34. The van der Waals surface area contributed by atoms with Crippen molar-refractivity contribution in [1.29, 1.82) is 0 Å². The van der Waals surface area contributed by atoms with Crippen molar-refractivity contribution < 1.29 is 18.3 Å². The van der Waals surface area contributed by atoms with Gasteiger partial charge in [-0.15, -0.1) is 24.8 Å². The summed E-state index contributed by atoms with van der Waals surface area (Å²) in [7, 11) is 0. The molecule has 1 aromatic carbocycles. The molecule has 0 bridgehead atoms. The van der Waals surface area contributed by atoms with E-state index in [1.54, 1.807) is 31.3 Å². The molecule has 9 heteroatoms. The minimum absolute atomic E-state index is 0. The Morgan fingerprint density at radius 1 is 1.29 bits per heavy atom. The summed E-state index contributed by atoms with van der Waals surface area (Å²) in [5.41, 5.74) is 0.677. The molecule has 1 amide bonds. The quantitative estimate of drug-likeness (QED) is 0.759. The van der Waals surface area contributed by atoms with Crippen LogP contribution in [0.5, 0.6) is 5.75 Å². The summed E-state index contributed by atoms with van der Waals surface area (Å²) in [5.74, 6) is -1.61. The highest BCUT2D eigenvalue weighted by molar-refractivity contribution is 5.85. The van der Waals surface area contributed by atoms with Gasteiger partial charge in [0.1, 0.15) is 5.75 Å². The van der Waals surface area contributed by atoms with Gasteiger partial charge in [0.2, 0.25) is 0 Å². The number of carbonyl (C=O) groups is 1. The lowest BCUT2D eigenvalue weighted by molar-refractivity contribution is -0.128. The Hall–Kier alpha value is -1.96. The normalized spacial score (nSPS) is 19.5. The molecule has 1 saturated heterocycles. The van der Waals surface area contributed by atoms with Gasteiger partial charge in [-0.05, 0) is 49.7 Å². The average molecular weight is 434 g/mol. The van der Waals surface area contributed by atoms with Crippen molar-refractivity contribution in [3.8, 4) is 5.75 Å². The first-order valence-corrected chi connectivity index (χ1v) is 8.57. The van der Waals surface area contributed by atoms with Crippen LogP contribution in [0, 0.1) is 11.6 Å². The molecule has 3 unspecified atom stereocenters. The number of benzene rings is 1. The molecule has 3 atom stereocenters. The number of hydrogen-bond acceptors (Lipinski definition) is 4. The van der Waals surface area contributed by atoms with Gasteiger partial charge in [0.15, 0.2) is 17.7 Å². The van der Waals surface area contributed by atoms with Crippen LogP contribution >= 0.6 is 24.8 Å². The van der Waals surface area contributed by atoms with Crippen molar-refractivity contribution in [1.82, 2.24) is 15.6 Å². The van der Waals surface area contributed by atoms with E-state index in [4.69, 9.17) is 4.74 Å². The number of aromatic nitrogens is 1. The summed E-state index contributed by atoms with van der Waals surface area (Å²) in [4.78, 5) is 16.4. The van der Waals surface area contributed by atoms with Crippen molar-refractivity contribution in [3.05, 3.63) is 59.9 Å². The van der Waals surface area contributed by atoms with E-state index in [1.165, 1.54) is 12.3 Å². The molecule has 28 heavy (non-hydrogen) atoms. The van der Waals surface area contributed by atoms with Gasteiger partial charge < -0.3 is 15.4 Å². The van der Waals surface area contributed by atoms with Crippen molar-refractivity contribution >= 4 is 30.7 Å². The van der Waals surface area contributed by atoms with E-state index in [2.05, 4.69) is 15.6 Å². The number of amides is 1. The van der Waals surface area contributed by atoms with Gasteiger partial charge in [-0.1, -0.05) is 6.07 Å². The minimum atomic E-state index is -0.876. The van der Waals surface area contributed by atoms with Gasteiger partial charge in [0, 0.05) is 24.7 Å². The number of hydrogen-bond donors (Lipinski definition) is 2. The highest BCUT2D eigenvalue weighted by Crippen LogP contribution is 2.27. The van der Waals surface area contributed by atoms with Gasteiger partial charge >= 0.3 is 0 Å². The zero-order valence-electron chi connectivity index (χ0n) is 15.2. The Morgan fingerprint density at radius 2 is 2.07 bits per heavy atom. The lowest BCUT2D eigenvalue weighted by Crippen LogP contribution is -2.52. The third-order valence-corrected chi connectivity index (χ3v) is 4.50. The fourth-order valence-corrected chi connectivity index (χ4v) is 3.13. The van der Waals surface area contributed by atoms with Crippen molar-refractivity contribution in [2.75, 3.05) is 13.1 Å². The maximum Gasteiger partial charge on any atom is 0.261 e. The molecule has 1 fully saturated rings. The van der Waals surface area contributed by atoms with Crippen molar-refractivity contribution in [3.63, 3.8) is 0 Å². The summed E-state index contributed by atoms with van der Waals surface area (Å²) in [6.45, 7) is 2.96. The molecule has 0 radical (unpaired) electrons. The van der Waals surface area contributed by atoms with E-state index in [0.29, 0.717) is 24.3 Å². The number of ether oxygens (including phenoxy) is 1. The fraction of sp³-hybridized carbons (Fsp3) is 0.368. The average Bonchev–Trinajstić information content (AvgIpc) is 2.65. The number of nitrogens with one attached hydrogen (secondary N) is 2. The van der Waals surface area contributed by atoms with Crippen LogP contribution in [-0.2, 0) is 4.79 Å². The first kappa shape index (κ1) is 24.1. The molecular formula is C19H23Cl2F2N3O2. The van der Waals surface area contributed by atoms with Gasteiger partial charge in [-0.25, -0.2) is 8.78 Å². The molecule has 2 N–H and O–H groups in total. The maximum absolute atomic E-state index is 13.6. The molecule has 1 aliphatic rings.